The van der Waals surface area contributed by atoms with Crippen LogP contribution >= 0.6 is 24.8 Å². The summed E-state index contributed by atoms with van der Waals surface area (Å²) in [5, 5.41) is 6.50. The lowest BCUT2D eigenvalue weighted by atomic mass is 9.96. The number of nitrogens with zero attached hydrogens (tertiary/aromatic N) is 1. The number of halogens is 3. The molecule has 2 N–H and O–H groups in total. The molecule has 0 saturated carbocycles. The number of alkyl halides is 1. The minimum Gasteiger partial charge on any atom is -0.370 e. The minimum atomic E-state index is -0.937. The van der Waals surface area contributed by atoms with Crippen molar-refractivity contribution in [1.82, 2.24) is 10.3 Å². The molecule has 0 aromatic carbocycles. The normalized spacial score (nSPS) is 22.5. The summed E-state index contributed by atoms with van der Waals surface area (Å²) in [6.45, 7) is 2.42. The average molecular weight is 364 g/mol. The molecule has 1 unspecified atom stereocenters. The van der Waals surface area contributed by atoms with Crippen LogP contribution in [0.15, 0.2) is 12.1 Å². The first-order valence-corrected chi connectivity index (χ1v) is 8.38. The van der Waals surface area contributed by atoms with Crippen LogP contribution in [0.4, 0.5) is 10.2 Å². The van der Waals surface area contributed by atoms with E-state index in [1.165, 1.54) is 17.7 Å². The molecule has 23 heavy (non-hydrogen) atoms. The predicted molar refractivity (Wildman–Crippen MR) is 99.0 cm³/mol. The zero-order valence-corrected chi connectivity index (χ0v) is 15.2. The molecular formula is C17H28Cl2FN3. The van der Waals surface area contributed by atoms with Crippen molar-refractivity contribution in [3.63, 3.8) is 0 Å². The molecule has 3 nitrogen and oxygen atoms in total. The van der Waals surface area contributed by atoms with Gasteiger partial charge in [0.15, 0.2) is 0 Å². The third-order valence-corrected chi connectivity index (χ3v) is 4.70. The van der Waals surface area contributed by atoms with E-state index in [1.54, 1.807) is 0 Å². The van der Waals surface area contributed by atoms with Crippen molar-refractivity contribution in [1.29, 1.82) is 0 Å². The molecular weight excluding hydrogens is 336 g/mol. The van der Waals surface area contributed by atoms with Crippen molar-refractivity contribution in [3.05, 3.63) is 23.4 Å². The molecule has 0 radical (unpaired) electrons. The number of anilines is 1. The van der Waals surface area contributed by atoms with E-state index >= 15 is 0 Å². The van der Waals surface area contributed by atoms with Crippen LogP contribution in [-0.2, 0) is 12.8 Å². The molecule has 1 atom stereocenters. The van der Waals surface area contributed by atoms with Crippen molar-refractivity contribution in [2.45, 2.75) is 57.0 Å². The summed E-state index contributed by atoms with van der Waals surface area (Å²) in [5.74, 6) is 1.08. The van der Waals surface area contributed by atoms with Gasteiger partial charge in [0, 0.05) is 18.8 Å². The summed E-state index contributed by atoms with van der Waals surface area (Å²) in [7, 11) is 0. The van der Waals surface area contributed by atoms with E-state index in [-0.39, 0.29) is 24.8 Å². The van der Waals surface area contributed by atoms with Crippen LogP contribution in [0.3, 0.4) is 0 Å². The van der Waals surface area contributed by atoms with Gasteiger partial charge < -0.3 is 10.6 Å². The molecule has 3 rings (SSSR count). The van der Waals surface area contributed by atoms with Crippen LogP contribution in [0.5, 0.6) is 0 Å². The maximum Gasteiger partial charge on any atom is 0.129 e. The second-order valence-corrected chi connectivity index (χ2v) is 6.48. The largest absolute Gasteiger partial charge is 0.370 e. The fourth-order valence-electron chi connectivity index (χ4n) is 3.36. The summed E-state index contributed by atoms with van der Waals surface area (Å²) in [6.07, 6.45) is 7.93. The van der Waals surface area contributed by atoms with Gasteiger partial charge in [0.2, 0.25) is 0 Å². The highest BCUT2D eigenvalue weighted by molar-refractivity contribution is 5.85. The molecule has 6 heteroatoms. The Labute approximate surface area is 151 Å². The van der Waals surface area contributed by atoms with E-state index in [2.05, 4.69) is 22.8 Å². The third kappa shape index (κ3) is 5.77. The van der Waals surface area contributed by atoms with E-state index in [4.69, 9.17) is 4.98 Å². The monoisotopic (exact) mass is 363 g/mol. The quantitative estimate of drug-likeness (QED) is 0.747. The van der Waals surface area contributed by atoms with Crippen LogP contribution in [0.25, 0.3) is 0 Å². The van der Waals surface area contributed by atoms with Crippen molar-refractivity contribution < 1.29 is 4.39 Å². The van der Waals surface area contributed by atoms with Gasteiger partial charge >= 0.3 is 0 Å². The highest BCUT2D eigenvalue weighted by atomic mass is 35.5. The number of aromatic nitrogens is 1. The molecule has 0 bridgehead atoms. The van der Waals surface area contributed by atoms with Gasteiger partial charge in [-0.25, -0.2) is 9.37 Å². The Morgan fingerprint density at radius 2 is 2.00 bits per heavy atom. The van der Waals surface area contributed by atoms with Gasteiger partial charge in [-0.2, -0.15) is 0 Å². The molecule has 1 saturated heterocycles. The zero-order chi connectivity index (χ0) is 14.5. The van der Waals surface area contributed by atoms with Gasteiger partial charge in [-0.3, -0.25) is 0 Å². The number of pyridine rings is 1. The average Bonchev–Trinajstić information content (AvgIpc) is 2.94. The molecule has 0 spiro atoms. The van der Waals surface area contributed by atoms with Crippen molar-refractivity contribution in [3.8, 4) is 0 Å². The van der Waals surface area contributed by atoms with Crippen molar-refractivity contribution in [2.24, 2.45) is 0 Å². The smallest absolute Gasteiger partial charge is 0.129 e. The van der Waals surface area contributed by atoms with Crippen LogP contribution in [-0.4, -0.2) is 30.3 Å². The second kappa shape index (κ2) is 9.65. The second-order valence-electron chi connectivity index (χ2n) is 6.48. The topological polar surface area (TPSA) is 37.0 Å². The number of aryl methyl sites for hydroxylation is 2. The van der Waals surface area contributed by atoms with E-state index in [9.17, 15) is 4.39 Å². The Morgan fingerprint density at radius 1 is 1.13 bits per heavy atom. The molecule has 2 aliphatic heterocycles. The van der Waals surface area contributed by atoms with Crippen LogP contribution in [0.1, 0.15) is 49.8 Å². The molecule has 132 valence electrons. The van der Waals surface area contributed by atoms with Crippen molar-refractivity contribution >= 4 is 30.6 Å². The van der Waals surface area contributed by atoms with Crippen LogP contribution < -0.4 is 10.6 Å². The fourth-order valence-corrected chi connectivity index (χ4v) is 3.36. The van der Waals surface area contributed by atoms with Crippen molar-refractivity contribution in [2.75, 3.05) is 25.0 Å². The standard InChI is InChI=1S/C17H26FN3.2ClH/c18-17(10-12-19-13-17)9-3-1-2-6-15-8-7-14-5-4-11-20-16(14)21-15;;/h7-8,19H,1-6,9-13H2,(H,20,21);2*1H. The van der Waals surface area contributed by atoms with Crippen LogP contribution in [0.2, 0.25) is 0 Å². The number of rotatable bonds is 6. The lowest BCUT2D eigenvalue weighted by Gasteiger charge is -2.18. The first-order chi connectivity index (χ1) is 10.3. The van der Waals surface area contributed by atoms with Gasteiger partial charge in [0.1, 0.15) is 11.5 Å². The Morgan fingerprint density at radius 3 is 2.78 bits per heavy atom. The van der Waals surface area contributed by atoms with Gasteiger partial charge in [0.25, 0.3) is 0 Å². The Bertz CT molecular complexity index is 479. The maximum absolute atomic E-state index is 14.2. The molecule has 2 aliphatic rings. The summed E-state index contributed by atoms with van der Waals surface area (Å²) in [4.78, 5) is 4.71. The number of fused-ring (bicyclic) bond motifs is 1. The lowest BCUT2D eigenvalue weighted by Crippen LogP contribution is -2.25. The predicted octanol–water partition coefficient (Wildman–Crippen LogP) is 4.09. The Kier molecular flexibility index (Phi) is 8.59. The highest BCUT2D eigenvalue weighted by Crippen LogP contribution is 2.26. The molecule has 1 aromatic rings. The Hall–Kier alpha value is -0.580. The summed E-state index contributed by atoms with van der Waals surface area (Å²) >= 11 is 0. The van der Waals surface area contributed by atoms with Gasteiger partial charge in [-0.15, -0.1) is 24.8 Å². The lowest BCUT2D eigenvalue weighted by molar-refractivity contribution is 0.171. The number of hydrogen-bond acceptors (Lipinski definition) is 3. The van der Waals surface area contributed by atoms with Gasteiger partial charge in [0.05, 0.1) is 0 Å². The molecule has 1 fully saturated rings. The number of hydrogen-bond donors (Lipinski definition) is 2. The fraction of sp³-hybridized carbons (Fsp3) is 0.706. The summed E-state index contributed by atoms with van der Waals surface area (Å²) in [5.41, 5.74) is 1.58. The number of nitrogens with one attached hydrogen (secondary N) is 2. The number of unbranched alkanes of at least 4 members (excludes halogenated alkanes) is 2. The Balaban J connectivity index is 0.00000132. The maximum atomic E-state index is 14.2. The molecule has 0 amide bonds. The highest BCUT2D eigenvalue weighted by Gasteiger charge is 2.32. The first kappa shape index (κ1) is 20.5. The first-order valence-electron chi connectivity index (χ1n) is 8.38. The molecule has 3 heterocycles. The van der Waals surface area contributed by atoms with E-state index < -0.39 is 5.67 Å². The minimum absolute atomic E-state index is 0. The van der Waals surface area contributed by atoms with E-state index in [0.29, 0.717) is 19.4 Å². The molecule has 1 aromatic heterocycles. The van der Waals surface area contributed by atoms with E-state index in [1.807, 2.05) is 0 Å². The summed E-state index contributed by atoms with van der Waals surface area (Å²) < 4.78 is 14.2. The van der Waals surface area contributed by atoms with Gasteiger partial charge in [-0.1, -0.05) is 18.9 Å². The summed E-state index contributed by atoms with van der Waals surface area (Å²) in [6, 6.07) is 4.37. The van der Waals surface area contributed by atoms with E-state index in [0.717, 1.165) is 51.0 Å². The molecule has 0 aliphatic carbocycles. The zero-order valence-electron chi connectivity index (χ0n) is 13.6. The SMILES string of the molecule is Cl.Cl.FC1(CCCCCc2ccc3c(n2)NCCC3)CCNC1. The third-order valence-electron chi connectivity index (χ3n) is 4.70. The van der Waals surface area contributed by atoms with Gasteiger partial charge in [-0.05, 0) is 56.7 Å². The van der Waals surface area contributed by atoms with Crippen LogP contribution in [0, 0.1) is 0 Å².